The van der Waals surface area contributed by atoms with E-state index in [-0.39, 0.29) is 0 Å². The molecule has 0 amide bonds. The molecule has 2 aliphatic heterocycles. The molecular weight excluding hydrogens is 451 g/mol. The summed E-state index contributed by atoms with van der Waals surface area (Å²) in [7, 11) is 0. The quantitative estimate of drug-likeness (QED) is 0.488. The number of aliphatic imine (C=N–C) groups is 2. The van der Waals surface area contributed by atoms with Crippen LogP contribution in [-0.4, -0.2) is 29.8 Å². The molecule has 1 aliphatic carbocycles. The molecule has 0 saturated heterocycles. The van der Waals surface area contributed by atoms with Crippen LogP contribution in [0.25, 0.3) is 11.1 Å². The number of halogens is 2. The molecule has 0 aromatic heterocycles. The minimum absolute atomic E-state index is 0.519. The number of rotatable bonds is 4. The first-order chi connectivity index (χ1) is 16.1. The number of guanidine groups is 1. The molecule has 2 heterocycles. The Morgan fingerprint density at radius 1 is 0.939 bits per heavy atom. The first-order valence-corrected chi connectivity index (χ1v) is 12.2. The maximum Gasteiger partial charge on any atom is 0.198 e. The van der Waals surface area contributed by atoms with E-state index in [1.807, 2.05) is 24.3 Å². The lowest BCUT2D eigenvalue weighted by atomic mass is 9.80. The van der Waals surface area contributed by atoms with E-state index in [0.29, 0.717) is 21.9 Å². The summed E-state index contributed by atoms with van der Waals surface area (Å²) in [4.78, 5) is 12.1. The molecule has 0 spiro atoms. The molecule has 1 atom stereocenters. The number of hydrogen-bond acceptors (Lipinski definition) is 4. The first kappa shape index (κ1) is 20.8. The Labute approximate surface area is 203 Å². The summed E-state index contributed by atoms with van der Waals surface area (Å²) < 4.78 is 0. The van der Waals surface area contributed by atoms with E-state index in [2.05, 4.69) is 41.3 Å². The molecule has 1 saturated carbocycles. The number of nitrogens with two attached hydrogens (primary N) is 1. The summed E-state index contributed by atoms with van der Waals surface area (Å²) in [6, 6.07) is 22.7. The van der Waals surface area contributed by atoms with E-state index >= 15 is 0 Å². The monoisotopic (exact) mass is 474 g/mol. The topological polar surface area (TPSA) is 54.0 Å². The van der Waals surface area contributed by atoms with Gasteiger partial charge >= 0.3 is 0 Å². The van der Waals surface area contributed by atoms with Crippen molar-refractivity contribution in [2.75, 3.05) is 13.1 Å². The van der Waals surface area contributed by atoms with Crippen LogP contribution in [0.2, 0.25) is 10.0 Å². The van der Waals surface area contributed by atoms with Crippen molar-refractivity contribution in [3.8, 4) is 11.1 Å². The number of hydrogen-bond donors (Lipinski definition) is 1. The maximum atomic E-state index is 6.54. The van der Waals surface area contributed by atoms with Gasteiger partial charge in [0.15, 0.2) is 11.5 Å². The first-order valence-electron chi connectivity index (χ1n) is 11.4. The fourth-order valence-electron chi connectivity index (χ4n) is 5.02. The van der Waals surface area contributed by atoms with Gasteiger partial charge in [-0.1, -0.05) is 65.7 Å². The minimum Gasteiger partial charge on any atom is -0.369 e. The van der Waals surface area contributed by atoms with Crippen molar-refractivity contribution >= 4 is 35.0 Å². The summed E-state index contributed by atoms with van der Waals surface area (Å²) in [5, 5.41) is 1.31. The van der Waals surface area contributed by atoms with Crippen molar-refractivity contribution < 1.29 is 0 Å². The van der Waals surface area contributed by atoms with Gasteiger partial charge in [-0.25, -0.2) is 4.99 Å². The van der Waals surface area contributed by atoms with Gasteiger partial charge in [-0.3, -0.25) is 9.89 Å². The molecule has 6 heteroatoms. The molecule has 6 rings (SSSR count). The fraction of sp³-hybridized carbons (Fsp3) is 0.259. The van der Waals surface area contributed by atoms with Gasteiger partial charge in [0, 0.05) is 28.7 Å². The molecule has 3 aromatic carbocycles. The molecule has 4 nitrogen and oxygen atoms in total. The number of nitrogens with zero attached hydrogens (tertiary/aromatic N) is 3. The molecule has 3 aromatic rings. The lowest BCUT2D eigenvalue weighted by molar-refractivity contribution is 0.531. The van der Waals surface area contributed by atoms with E-state index in [1.54, 1.807) is 6.07 Å². The molecule has 2 N–H and O–H groups in total. The van der Waals surface area contributed by atoms with Crippen LogP contribution in [0.3, 0.4) is 0 Å². The summed E-state index contributed by atoms with van der Waals surface area (Å²) in [6.45, 7) is 1.60. The van der Waals surface area contributed by atoms with Crippen LogP contribution in [-0.2, 0) is 5.54 Å². The average Bonchev–Trinajstić information content (AvgIpc) is 3.65. The van der Waals surface area contributed by atoms with Crippen molar-refractivity contribution in [2.45, 2.75) is 30.7 Å². The average molecular weight is 475 g/mol. The Bertz CT molecular complexity index is 1290. The minimum atomic E-state index is -0.784. The zero-order chi connectivity index (χ0) is 22.6. The summed E-state index contributed by atoms with van der Waals surface area (Å²) in [5.74, 6) is 2.12. The van der Waals surface area contributed by atoms with E-state index in [4.69, 9.17) is 38.9 Å². The standard InChI is InChI=1S/C27H24Cl2N4/c28-22-11-12-24(29)23(16-22)19-3-1-4-21(15-19)27(20-9-7-18(8-10-20)17-5-6-17)25-31-13-2-14-33(25)26(30)32-27/h1,3-4,7-12,15-17H,2,5-6,13-14H2,(H2,30,32). The van der Waals surface area contributed by atoms with E-state index in [1.165, 1.54) is 18.4 Å². The van der Waals surface area contributed by atoms with Crippen molar-refractivity contribution in [1.29, 1.82) is 0 Å². The highest BCUT2D eigenvalue weighted by molar-refractivity contribution is 6.35. The Morgan fingerprint density at radius 3 is 2.55 bits per heavy atom. The highest BCUT2D eigenvalue weighted by atomic mass is 35.5. The van der Waals surface area contributed by atoms with Gasteiger partial charge in [0.05, 0.1) is 0 Å². The molecule has 0 radical (unpaired) electrons. The van der Waals surface area contributed by atoms with Gasteiger partial charge in [-0.05, 0) is 71.7 Å². The third kappa shape index (κ3) is 3.44. The lowest BCUT2D eigenvalue weighted by Gasteiger charge is -2.33. The summed E-state index contributed by atoms with van der Waals surface area (Å²) >= 11 is 12.8. The van der Waals surface area contributed by atoms with E-state index < -0.39 is 5.54 Å². The maximum absolute atomic E-state index is 6.54. The molecule has 1 unspecified atom stereocenters. The highest BCUT2D eigenvalue weighted by Gasteiger charge is 2.49. The number of benzene rings is 3. The van der Waals surface area contributed by atoms with Crippen LogP contribution in [0, 0.1) is 0 Å². The Morgan fingerprint density at radius 2 is 1.76 bits per heavy atom. The Kier molecular flexibility index (Phi) is 4.97. The van der Waals surface area contributed by atoms with Crippen molar-refractivity contribution in [3.63, 3.8) is 0 Å². The van der Waals surface area contributed by atoms with Crippen molar-refractivity contribution in [3.05, 3.63) is 93.5 Å². The predicted octanol–water partition coefficient (Wildman–Crippen LogP) is 6.21. The zero-order valence-electron chi connectivity index (χ0n) is 18.1. The lowest BCUT2D eigenvalue weighted by Crippen LogP contribution is -2.46. The van der Waals surface area contributed by atoms with Crippen LogP contribution in [0.1, 0.15) is 41.9 Å². The highest BCUT2D eigenvalue weighted by Crippen LogP contribution is 2.45. The van der Waals surface area contributed by atoms with E-state index in [9.17, 15) is 0 Å². The van der Waals surface area contributed by atoms with Gasteiger partial charge in [0.1, 0.15) is 5.84 Å². The second kappa shape index (κ2) is 7.89. The molecule has 0 bridgehead atoms. The molecule has 3 aliphatic rings. The fourth-order valence-corrected chi connectivity index (χ4v) is 5.42. The third-order valence-corrected chi connectivity index (χ3v) is 7.40. The predicted molar refractivity (Wildman–Crippen MR) is 136 cm³/mol. The SMILES string of the molecule is NC1=NC(c2ccc(C3CC3)cc2)(c2cccc(-c3cc(Cl)ccc3Cl)c2)C2=NCCCN12. The summed E-state index contributed by atoms with van der Waals surface area (Å²) in [6.07, 6.45) is 3.52. The van der Waals surface area contributed by atoms with Crippen LogP contribution in [0.4, 0.5) is 0 Å². The van der Waals surface area contributed by atoms with Gasteiger partial charge < -0.3 is 5.73 Å². The second-order valence-corrected chi connectivity index (χ2v) is 9.84. The summed E-state index contributed by atoms with van der Waals surface area (Å²) in [5.41, 5.74) is 11.1. The normalized spacial score (nSPS) is 22.1. The largest absolute Gasteiger partial charge is 0.369 e. The number of amidine groups is 1. The van der Waals surface area contributed by atoms with Gasteiger partial charge in [0.2, 0.25) is 0 Å². The molecule has 1 fully saturated rings. The van der Waals surface area contributed by atoms with Gasteiger partial charge in [0.25, 0.3) is 0 Å². The molecule has 33 heavy (non-hydrogen) atoms. The smallest absolute Gasteiger partial charge is 0.198 e. The third-order valence-electron chi connectivity index (χ3n) is 6.84. The van der Waals surface area contributed by atoms with Crippen molar-refractivity contribution in [1.82, 2.24) is 4.90 Å². The Hall–Kier alpha value is -2.82. The van der Waals surface area contributed by atoms with E-state index in [0.717, 1.165) is 47.6 Å². The Balaban J connectivity index is 1.55. The van der Waals surface area contributed by atoms with Crippen molar-refractivity contribution in [2.24, 2.45) is 15.7 Å². The molecular formula is C27H24Cl2N4. The van der Waals surface area contributed by atoms with Crippen LogP contribution in [0.5, 0.6) is 0 Å². The van der Waals surface area contributed by atoms with Crippen LogP contribution in [0.15, 0.2) is 76.7 Å². The number of fused-ring (bicyclic) bond motifs is 1. The second-order valence-electron chi connectivity index (χ2n) is 8.99. The molecule has 166 valence electrons. The van der Waals surface area contributed by atoms with Crippen LogP contribution < -0.4 is 5.73 Å². The van der Waals surface area contributed by atoms with Gasteiger partial charge in [-0.2, -0.15) is 0 Å². The van der Waals surface area contributed by atoms with Gasteiger partial charge in [-0.15, -0.1) is 0 Å². The van der Waals surface area contributed by atoms with Crippen LogP contribution >= 0.6 is 23.2 Å². The zero-order valence-corrected chi connectivity index (χ0v) is 19.7.